The average molecular weight is 134 g/mol. The zero-order chi connectivity index (χ0) is 8.20. The first-order valence-electron chi connectivity index (χ1n) is 3.30. The van der Waals surface area contributed by atoms with E-state index in [0.717, 1.165) is 5.57 Å². The second-order valence-electron chi connectivity index (χ2n) is 3.20. The molecule has 0 atom stereocenters. The van der Waals surface area contributed by atoms with E-state index in [-0.39, 0.29) is 5.41 Å². The van der Waals surface area contributed by atoms with Crippen molar-refractivity contribution in [2.24, 2.45) is 5.41 Å². The summed E-state index contributed by atoms with van der Waals surface area (Å²) in [6, 6.07) is 0. The van der Waals surface area contributed by atoms with Crippen molar-refractivity contribution < 1.29 is 0 Å². The quantitative estimate of drug-likeness (QED) is 0.447. The van der Waals surface area contributed by atoms with E-state index < -0.39 is 0 Å². The SMILES string of the molecule is C=CC#CC(=C)C(C)(C)C. The lowest BCUT2D eigenvalue weighted by molar-refractivity contribution is 0.523. The van der Waals surface area contributed by atoms with E-state index in [1.165, 1.54) is 0 Å². The summed E-state index contributed by atoms with van der Waals surface area (Å²) in [4.78, 5) is 0. The predicted molar refractivity (Wildman–Crippen MR) is 46.6 cm³/mol. The van der Waals surface area contributed by atoms with Crippen LogP contribution < -0.4 is 0 Å². The molecule has 0 saturated carbocycles. The minimum atomic E-state index is 0.0933. The third-order valence-corrected chi connectivity index (χ3v) is 1.23. The molecule has 0 aliphatic rings. The van der Waals surface area contributed by atoms with Gasteiger partial charge < -0.3 is 0 Å². The molecule has 10 heavy (non-hydrogen) atoms. The Morgan fingerprint density at radius 1 is 1.40 bits per heavy atom. The van der Waals surface area contributed by atoms with Crippen molar-refractivity contribution in [1.82, 2.24) is 0 Å². The summed E-state index contributed by atoms with van der Waals surface area (Å²) in [6.45, 7) is 13.6. The molecule has 0 radical (unpaired) electrons. The Kier molecular flexibility index (Phi) is 2.96. The van der Waals surface area contributed by atoms with Gasteiger partial charge in [-0.2, -0.15) is 0 Å². The minimum Gasteiger partial charge on any atom is -0.0906 e. The molecule has 0 heteroatoms. The van der Waals surface area contributed by atoms with E-state index in [4.69, 9.17) is 0 Å². The topological polar surface area (TPSA) is 0 Å². The molecular weight excluding hydrogens is 120 g/mol. The molecule has 54 valence electrons. The lowest BCUT2D eigenvalue weighted by Crippen LogP contribution is -2.06. The Bertz CT molecular complexity index is 190. The number of rotatable bonds is 0. The van der Waals surface area contributed by atoms with Crippen LogP contribution in [0, 0.1) is 17.3 Å². The number of allylic oxidation sites excluding steroid dienone is 2. The fraction of sp³-hybridized carbons (Fsp3) is 0.400. The molecule has 0 amide bonds. The molecule has 0 fully saturated rings. The fourth-order valence-corrected chi connectivity index (χ4v) is 0.326. The minimum absolute atomic E-state index is 0.0933. The van der Waals surface area contributed by atoms with Crippen molar-refractivity contribution in [2.75, 3.05) is 0 Å². The number of hydrogen-bond acceptors (Lipinski definition) is 0. The van der Waals surface area contributed by atoms with Gasteiger partial charge in [-0.05, 0) is 11.5 Å². The molecule has 0 N–H and O–H groups in total. The van der Waals surface area contributed by atoms with Crippen LogP contribution in [-0.4, -0.2) is 0 Å². The summed E-state index contributed by atoms with van der Waals surface area (Å²) in [5, 5.41) is 0. The fourth-order valence-electron chi connectivity index (χ4n) is 0.326. The maximum atomic E-state index is 3.84. The van der Waals surface area contributed by atoms with Crippen molar-refractivity contribution in [3.05, 3.63) is 24.8 Å². The smallest absolute Gasteiger partial charge is 0.000562 e. The highest BCUT2D eigenvalue weighted by Crippen LogP contribution is 2.21. The predicted octanol–water partition coefficient (Wildman–Crippen LogP) is 2.78. The first-order valence-corrected chi connectivity index (χ1v) is 3.30. The number of hydrogen-bond donors (Lipinski definition) is 0. The highest BCUT2D eigenvalue weighted by atomic mass is 14.1. The van der Waals surface area contributed by atoms with E-state index in [2.05, 4.69) is 45.8 Å². The summed E-state index contributed by atoms with van der Waals surface area (Å²) >= 11 is 0. The van der Waals surface area contributed by atoms with E-state index in [9.17, 15) is 0 Å². The van der Waals surface area contributed by atoms with Crippen LogP contribution in [-0.2, 0) is 0 Å². The Morgan fingerprint density at radius 3 is 2.20 bits per heavy atom. The lowest BCUT2D eigenvalue weighted by Gasteiger charge is -2.16. The Balaban J connectivity index is 4.25. The summed E-state index contributed by atoms with van der Waals surface area (Å²) in [5.41, 5.74) is 1.04. The molecule has 0 aromatic heterocycles. The molecular formula is C10H14. The van der Waals surface area contributed by atoms with Gasteiger partial charge >= 0.3 is 0 Å². The Hall–Kier alpha value is -0.960. The van der Waals surface area contributed by atoms with Gasteiger partial charge in [-0.3, -0.25) is 0 Å². The molecule has 0 saturated heterocycles. The van der Waals surface area contributed by atoms with Crippen LogP contribution in [0.25, 0.3) is 0 Å². The van der Waals surface area contributed by atoms with Crippen molar-refractivity contribution in [1.29, 1.82) is 0 Å². The second-order valence-corrected chi connectivity index (χ2v) is 3.20. The average Bonchev–Trinajstić information content (AvgIpc) is 1.80. The Morgan fingerprint density at radius 2 is 1.90 bits per heavy atom. The third-order valence-electron chi connectivity index (χ3n) is 1.23. The maximum absolute atomic E-state index is 3.84. The van der Waals surface area contributed by atoms with Crippen LogP contribution in [0.2, 0.25) is 0 Å². The van der Waals surface area contributed by atoms with Gasteiger partial charge in [0.25, 0.3) is 0 Å². The molecule has 0 nitrogen and oxygen atoms in total. The molecule has 0 bridgehead atoms. The van der Waals surface area contributed by atoms with Gasteiger partial charge in [0.05, 0.1) is 0 Å². The van der Waals surface area contributed by atoms with Gasteiger partial charge in [-0.25, -0.2) is 0 Å². The van der Waals surface area contributed by atoms with Crippen LogP contribution in [0.4, 0.5) is 0 Å². The molecule has 0 spiro atoms. The van der Waals surface area contributed by atoms with Gasteiger partial charge in [0, 0.05) is 5.57 Å². The molecule has 0 unspecified atom stereocenters. The van der Waals surface area contributed by atoms with E-state index >= 15 is 0 Å². The van der Waals surface area contributed by atoms with Crippen molar-refractivity contribution in [3.8, 4) is 11.8 Å². The first-order chi connectivity index (χ1) is 4.48. The first kappa shape index (κ1) is 9.04. The zero-order valence-corrected chi connectivity index (χ0v) is 6.99. The molecule has 0 rings (SSSR count). The molecule has 0 aromatic rings. The van der Waals surface area contributed by atoms with Crippen LogP contribution >= 0.6 is 0 Å². The zero-order valence-electron chi connectivity index (χ0n) is 6.99. The van der Waals surface area contributed by atoms with E-state index in [0.29, 0.717) is 0 Å². The monoisotopic (exact) mass is 134 g/mol. The van der Waals surface area contributed by atoms with Gasteiger partial charge in [0.15, 0.2) is 0 Å². The summed E-state index contributed by atoms with van der Waals surface area (Å²) in [6.07, 6.45) is 1.58. The second kappa shape index (κ2) is 3.27. The molecule has 0 aliphatic heterocycles. The van der Waals surface area contributed by atoms with Gasteiger partial charge in [0.1, 0.15) is 0 Å². The highest BCUT2D eigenvalue weighted by molar-refractivity contribution is 5.33. The largest absolute Gasteiger partial charge is 0.0906 e. The van der Waals surface area contributed by atoms with Crippen LogP contribution in [0.15, 0.2) is 24.8 Å². The highest BCUT2D eigenvalue weighted by Gasteiger charge is 2.11. The molecule has 0 heterocycles. The Labute approximate surface area is 63.6 Å². The summed E-state index contributed by atoms with van der Waals surface area (Å²) < 4.78 is 0. The lowest BCUT2D eigenvalue weighted by atomic mass is 9.88. The van der Waals surface area contributed by atoms with E-state index in [1.54, 1.807) is 6.08 Å². The van der Waals surface area contributed by atoms with Crippen molar-refractivity contribution >= 4 is 0 Å². The third kappa shape index (κ3) is 3.14. The van der Waals surface area contributed by atoms with E-state index in [1.807, 2.05) is 0 Å². The standard InChI is InChI=1S/C10H14/c1-6-7-8-9(2)10(3,4)5/h6H,1-2H2,3-5H3. The van der Waals surface area contributed by atoms with Crippen LogP contribution in [0.3, 0.4) is 0 Å². The van der Waals surface area contributed by atoms with Gasteiger partial charge in [-0.1, -0.05) is 45.8 Å². The molecule has 0 aliphatic carbocycles. The maximum Gasteiger partial charge on any atom is 0.000562 e. The van der Waals surface area contributed by atoms with Crippen molar-refractivity contribution in [3.63, 3.8) is 0 Å². The van der Waals surface area contributed by atoms with Crippen molar-refractivity contribution in [2.45, 2.75) is 20.8 Å². The molecule has 0 aromatic carbocycles. The summed E-state index contributed by atoms with van der Waals surface area (Å²) in [7, 11) is 0. The van der Waals surface area contributed by atoms with Crippen LogP contribution in [0.5, 0.6) is 0 Å². The van der Waals surface area contributed by atoms with Crippen LogP contribution in [0.1, 0.15) is 20.8 Å². The summed E-state index contributed by atoms with van der Waals surface area (Å²) in [5.74, 6) is 5.68. The normalized spacial score (nSPS) is 9.50. The van der Waals surface area contributed by atoms with Gasteiger partial charge in [-0.15, -0.1) is 0 Å². The van der Waals surface area contributed by atoms with Gasteiger partial charge in [0.2, 0.25) is 0 Å².